The van der Waals surface area contributed by atoms with Crippen LogP contribution >= 0.6 is 0 Å². The van der Waals surface area contributed by atoms with Crippen LogP contribution in [0.1, 0.15) is 19.4 Å². The van der Waals surface area contributed by atoms with Crippen LogP contribution in [0.15, 0.2) is 78.9 Å². The lowest BCUT2D eigenvalue weighted by Crippen LogP contribution is -2.48. The van der Waals surface area contributed by atoms with Gasteiger partial charge in [0.2, 0.25) is 0 Å². The molecule has 0 unspecified atom stereocenters. The SMILES string of the molecule is Cc1cccc2c1N(c1ccccc1)C(C)(C)N2c1ccccc1. The van der Waals surface area contributed by atoms with E-state index in [1.807, 2.05) is 0 Å². The minimum Gasteiger partial charge on any atom is -0.316 e. The van der Waals surface area contributed by atoms with Crippen LogP contribution in [0, 0.1) is 6.92 Å². The van der Waals surface area contributed by atoms with Crippen molar-refractivity contribution in [1.29, 1.82) is 0 Å². The van der Waals surface area contributed by atoms with Gasteiger partial charge in [-0.15, -0.1) is 0 Å². The topological polar surface area (TPSA) is 6.48 Å². The molecule has 1 heterocycles. The van der Waals surface area contributed by atoms with Gasteiger partial charge in [-0.3, -0.25) is 0 Å². The van der Waals surface area contributed by atoms with Gasteiger partial charge in [0.25, 0.3) is 0 Å². The molecule has 2 nitrogen and oxygen atoms in total. The minimum atomic E-state index is -0.197. The van der Waals surface area contributed by atoms with Crippen LogP contribution in [-0.4, -0.2) is 5.66 Å². The van der Waals surface area contributed by atoms with E-state index in [1.165, 1.54) is 28.3 Å². The van der Waals surface area contributed by atoms with Crippen molar-refractivity contribution in [3.8, 4) is 0 Å². The number of fused-ring (bicyclic) bond motifs is 1. The zero-order valence-electron chi connectivity index (χ0n) is 14.4. The fraction of sp³-hybridized carbons (Fsp3) is 0.182. The molecule has 0 aliphatic carbocycles. The Morgan fingerprint density at radius 2 is 1.17 bits per heavy atom. The molecule has 0 aromatic heterocycles. The lowest BCUT2D eigenvalue weighted by molar-refractivity contribution is 0.540. The van der Waals surface area contributed by atoms with E-state index < -0.39 is 0 Å². The van der Waals surface area contributed by atoms with E-state index >= 15 is 0 Å². The summed E-state index contributed by atoms with van der Waals surface area (Å²) in [6, 6.07) is 27.9. The summed E-state index contributed by atoms with van der Waals surface area (Å²) >= 11 is 0. The van der Waals surface area contributed by atoms with Gasteiger partial charge in [-0.25, -0.2) is 0 Å². The predicted molar refractivity (Wildman–Crippen MR) is 102 cm³/mol. The molecule has 0 spiro atoms. The van der Waals surface area contributed by atoms with Crippen molar-refractivity contribution in [1.82, 2.24) is 0 Å². The van der Waals surface area contributed by atoms with Crippen molar-refractivity contribution in [2.45, 2.75) is 26.4 Å². The molecule has 0 atom stereocenters. The summed E-state index contributed by atoms with van der Waals surface area (Å²) in [5, 5.41) is 0. The lowest BCUT2D eigenvalue weighted by atomic mass is 10.1. The van der Waals surface area contributed by atoms with Gasteiger partial charge in [0.15, 0.2) is 0 Å². The molecule has 1 aliphatic rings. The highest BCUT2D eigenvalue weighted by atomic mass is 15.5. The summed E-state index contributed by atoms with van der Waals surface area (Å²) in [5.41, 5.74) is 6.08. The van der Waals surface area contributed by atoms with Gasteiger partial charge in [-0.2, -0.15) is 0 Å². The second-order valence-electron chi connectivity index (χ2n) is 6.78. The standard InChI is InChI=1S/C22H22N2/c1-17-11-10-16-20-21(17)24(19-14-8-5-9-15-19)22(2,3)23(20)18-12-6-4-7-13-18/h4-16H,1-3H3. The molecular weight excluding hydrogens is 292 g/mol. The number of para-hydroxylation sites is 3. The molecule has 3 aromatic carbocycles. The van der Waals surface area contributed by atoms with Crippen molar-refractivity contribution in [3.05, 3.63) is 84.4 Å². The Morgan fingerprint density at radius 1 is 0.625 bits per heavy atom. The number of benzene rings is 3. The molecule has 0 bridgehead atoms. The molecule has 0 fully saturated rings. The average Bonchev–Trinajstić information content (AvgIpc) is 2.84. The largest absolute Gasteiger partial charge is 0.316 e. The summed E-state index contributed by atoms with van der Waals surface area (Å²) in [6.07, 6.45) is 0. The number of anilines is 4. The molecule has 0 N–H and O–H groups in total. The second kappa shape index (κ2) is 5.41. The number of rotatable bonds is 2. The van der Waals surface area contributed by atoms with Crippen molar-refractivity contribution in [2.75, 3.05) is 9.80 Å². The maximum atomic E-state index is 2.45. The number of aryl methyl sites for hydroxylation is 1. The molecule has 2 heteroatoms. The molecule has 4 rings (SSSR count). The zero-order chi connectivity index (χ0) is 16.7. The first-order chi connectivity index (χ1) is 11.6. The Hall–Kier alpha value is -2.74. The first kappa shape index (κ1) is 14.8. The second-order valence-corrected chi connectivity index (χ2v) is 6.78. The van der Waals surface area contributed by atoms with Gasteiger partial charge in [-0.1, -0.05) is 48.5 Å². The first-order valence-electron chi connectivity index (χ1n) is 8.41. The van der Waals surface area contributed by atoms with Crippen LogP contribution in [0.3, 0.4) is 0 Å². The zero-order valence-corrected chi connectivity index (χ0v) is 14.4. The van der Waals surface area contributed by atoms with Gasteiger partial charge in [0.1, 0.15) is 5.66 Å². The fourth-order valence-electron chi connectivity index (χ4n) is 3.84. The summed E-state index contributed by atoms with van der Waals surface area (Å²) in [4.78, 5) is 4.88. The summed E-state index contributed by atoms with van der Waals surface area (Å²) in [5.74, 6) is 0. The van der Waals surface area contributed by atoms with Crippen molar-refractivity contribution in [2.24, 2.45) is 0 Å². The first-order valence-corrected chi connectivity index (χ1v) is 8.41. The van der Waals surface area contributed by atoms with Crippen molar-refractivity contribution < 1.29 is 0 Å². The van der Waals surface area contributed by atoms with Crippen molar-refractivity contribution >= 4 is 22.7 Å². The lowest BCUT2D eigenvalue weighted by Gasteiger charge is -2.40. The molecule has 24 heavy (non-hydrogen) atoms. The molecule has 1 aliphatic heterocycles. The molecule has 120 valence electrons. The Morgan fingerprint density at radius 3 is 1.75 bits per heavy atom. The van der Waals surface area contributed by atoms with Gasteiger partial charge in [-0.05, 0) is 56.7 Å². The molecular formula is C22H22N2. The molecule has 0 saturated heterocycles. The summed E-state index contributed by atoms with van der Waals surface area (Å²) in [7, 11) is 0. The number of hydrogen-bond acceptors (Lipinski definition) is 2. The van der Waals surface area contributed by atoms with Crippen LogP contribution in [0.5, 0.6) is 0 Å². The smallest absolute Gasteiger partial charge is 0.116 e. The molecule has 0 amide bonds. The third-order valence-corrected chi connectivity index (χ3v) is 4.80. The third kappa shape index (κ3) is 2.10. The Kier molecular flexibility index (Phi) is 3.34. The van der Waals surface area contributed by atoms with E-state index in [4.69, 9.17) is 0 Å². The Bertz CT molecular complexity index is 854. The summed E-state index contributed by atoms with van der Waals surface area (Å²) < 4.78 is 0. The molecule has 0 radical (unpaired) electrons. The maximum Gasteiger partial charge on any atom is 0.116 e. The Labute approximate surface area is 144 Å². The van der Waals surface area contributed by atoms with E-state index in [1.54, 1.807) is 0 Å². The van der Waals surface area contributed by atoms with Crippen LogP contribution < -0.4 is 9.80 Å². The molecule has 0 saturated carbocycles. The van der Waals surface area contributed by atoms with Gasteiger partial charge in [0.05, 0.1) is 11.4 Å². The number of hydrogen-bond donors (Lipinski definition) is 0. The summed E-state index contributed by atoms with van der Waals surface area (Å²) in [6.45, 7) is 6.76. The van der Waals surface area contributed by atoms with E-state index in [0.29, 0.717) is 0 Å². The molecule has 3 aromatic rings. The van der Waals surface area contributed by atoms with E-state index in [2.05, 4.69) is 109 Å². The number of nitrogens with zero attached hydrogens (tertiary/aromatic N) is 2. The van der Waals surface area contributed by atoms with Gasteiger partial charge in [0, 0.05) is 11.4 Å². The van der Waals surface area contributed by atoms with Crippen LogP contribution in [-0.2, 0) is 0 Å². The average molecular weight is 314 g/mol. The highest BCUT2D eigenvalue weighted by Crippen LogP contribution is 2.53. The van der Waals surface area contributed by atoms with Crippen molar-refractivity contribution in [3.63, 3.8) is 0 Å². The predicted octanol–water partition coefficient (Wildman–Crippen LogP) is 6.02. The van der Waals surface area contributed by atoms with E-state index in [-0.39, 0.29) is 5.66 Å². The van der Waals surface area contributed by atoms with Crippen LogP contribution in [0.4, 0.5) is 22.7 Å². The minimum absolute atomic E-state index is 0.197. The van der Waals surface area contributed by atoms with Crippen LogP contribution in [0.25, 0.3) is 0 Å². The Balaban J connectivity index is 1.98. The fourth-order valence-corrected chi connectivity index (χ4v) is 3.84. The highest BCUT2D eigenvalue weighted by molar-refractivity contribution is 5.91. The highest BCUT2D eigenvalue weighted by Gasteiger charge is 2.44. The third-order valence-electron chi connectivity index (χ3n) is 4.80. The quantitative estimate of drug-likeness (QED) is 0.570. The van der Waals surface area contributed by atoms with E-state index in [9.17, 15) is 0 Å². The van der Waals surface area contributed by atoms with Gasteiger partial charge >= 0.3 is 0 Å². The van der Waals surface area contributed by atoms with E-state index in [0.717, 1.165) is 0 Å². The monoisotopic (exact) mass is 314 g/mol. The van der Waals surface area contributed by atoms with Gasteiger partial charge < -0.3 is 9.80 Å². The normalized spacial score (nSPS) is 15.5. The van der Waals surface area contributed by atoms with Crippen LogP contribution in [0.2, 0.25) is 0 Å². The maximum absolute atomic E-state index is 2.45.